The molecular formula is C58H37N4P. The first kappa shape index (κ1) is 35.9. The van der Waals surface area contributed by atoms with Crippen LogP contribution < -0.4 is 15.9 Å². The van der Waals surface area contributed by atoms with Crippen molar-refractivity contribution in [1.82, 2.24) is 19.5 Å². The predicted molar refractivity (Wildman–Crippen MR) is 260 cm³/mol. The van der Waals surface area contributed by atoms with E-state index in [1.165, 1.54) is 65.7 Å². The molecule has 2 atom stereocenters. The van der Waals surface area contributed by atoms with Gasteiger partial charge in [-0.3, -0.25) is 0 Å². The highest BCUT2D eigenvalue weighted by Crippen LogP contribution is 2.58. The molecule has 2 unspecified atom stereocenters. The van der Waals surface area contributed by atoms with Crippen molar-refractivity contribution in [3.05, 3.63) is 247 Å². The zero-order valence-corrected chi connectivity index (χ0v) is 35.0. The first-order chi connectivity index (χ1) is 31.3. The SMILES string of the molecule is c1ccc(-c2nc(-c3ccccc3)nc(-c3cccc(-c4ccc5c(c4)C4(c6ccccc6-n6c7ccccc7c7cccc4c76)c4ccccc4P5c4ccccc4)c3)n2)cc1. The van der Waals surface area contributed by atoms with Gasteiger partial charge in [0.2, 0.25) is 0 Å². The highest BCUT2D eigenvalue weighted by Gasteiger charge is 2.51. The largest absolute Gasteiger partial charge is 0.309 e. The van der Waals surface area contributed by atoms with Gasteiger partial charge in [-0.1, -0.05) is 200 Å². The van der Waals surface area contributed by atoms with E-state index in [-0.39, 0.29) is 0 Å². The van der Waals surface area contributed by atoms with Crippen molar-refractivity contribution in [3.63, 3.8) is 0 Å². The average Bonchev–Trinajstić information content (AvgIpc) is 3.71. The van der Waals surface area contributed by atoms with E-state index in [2.05, 4.69) is 193 Å². The topological polar surface area (TPSA) is 43.6 Å². The number of benzene rings is 9. The van der Waals surface area contributed by atoms with Crippen molar-refractivity contribution in [1.29, 1.82) is 0 Å². The van der Waals surface area contributed by atoms with Crippen molar-refractivity contribution >= 4 is 45.6 Å². The Kier molecular flexibility index (Phi) is 8.06. The van der Waals surface area contributed by atoms with Crippen LogP contribution in [0, 0.1) is 0 Å². The lowest BCUT2D eigenvalue weighted by Crippen LogP contribution is -2.47. The fourth-order valence-electron chi connectivity index (χ4n) is 10.4. The molecular weight excluding hydrogens is 784 g/mol. The van der Waals surface area contributed by atoms with Gasteiger partial charge in [0.1, 0.15) is 0 Å². The summed E-state index contributed by atoms with van der Waals surface area (Å²) in [6.45, 7) is 0. The number of nitrogens with zero attached hydrogens (tertiary/aromatic N) is 4. The molecule has 0 N–H and O–H groups in total. The Bertz CT molecular complexity index is 3520. The summed E-state index contributed by atoms with van der Waals surface area (Å²) in [7, 11) is -0.894. The third-order valence-electron chi connectivity index (χ3n) is 13.0. The van der Waals surface area contributed by atoms with Crippen LogP contribution in [0.1, 0.15) is 22.3 Å². The summed E-state index contributed by atoms with van der Waals surface area (Å²) in [6.07, 6.45) is 0. The summed E-state index contributed by atoms with van der Waals surface area (Å²) in [5, 5.41) is 6.67. The molecule has 2 aromatic heterocycles. The molecule has 0 aliphatic carbocycles. The maximum atomic E-state index is 5.11. The van der Waals surface area contributed by atoms with Crippen molar-refractivity contribution in [2.24, 2.45) is 0 Å². The Morgan fingerprint density at radius 2 is 0.873 bits per heavy atom. The second-order valence-corrected chi connectivity index (χ2v) is 18.5. The predicted octanol–water partition coefficient (Wildman–Crippen LogP) is 12.4. The molecule has 2 aliphatic rings. The van der Waals surface area contributed by atoms with Crippen molar-refractivity contribution < 1.29 is 0 Å². The van der Waals surface area contributed by atoms with E-state index in [0.717, 1.165) is 27.8 Å². The van der Waals surface area contributed by atoms with Gasteiger partial charge in [-0.25, -0.2) is 15.0 Å². The Morgan fingerprint density at radius 3 is 1.63 bits per heavy atom. The minimum Gasteiger partial charge on any atom is -0.309 e. The van der Waals surface area contributed by atoms with Crippen molar-refractivity contribution in [2.75, 3.05) is 0 Å². The minimum atomic E-state index is -0.894. The fourth-order valence-corrected chi connectivity index (χ4v) is 13.1. The van der Waals surface area contributed by atoms with E-state index >= 15 is 0 Å². The number of aromatic nitrogens is 4. The summed E-state index contributed by atoms with van der Waals surface area (Å²) in [4.78, 5) is 15.2. The maximum Gasteiger partial charge on any atom is 0.164 e. The van der Waals surface area contributed by atoms with Gasteiger partial charge in [-0.05, 0) is 81.5 Å². The molecule has 0 fully saturated rings. The van der Waals surface area contributed by atoms with Crippen molar-refractivity contribution in [3.8, 4) is 51.0 Å². The lowest BCUT2D eigenvalue weighted by Gasteiger charge is -2.48. The molecule has 0 bridgehead atoms. The Balaban J connectivity index is 1.08. The number of rotatable bonds is 5. The summed E-state index contributed by atoms with van der Waals surface area (Å²) in [5.41, 5.74) is 13.5. The lowest BCUT2D eigenvalue weighted by molar-refractivity contribution is 0.735. The molecule has 0 radical (unpaired) electrons. The Hall–Kier alpha value is -7.78. The molecule has 294 valence electrons. The van der Waals surface area contributed by atoms with Gasteiger partial charge >= 0.3 is 0 Å². The zero-order chi connectivity index (χ0) is 41.5. The van der Waals surface area contributed by atoms with E-state index < -0.39 is 13.3 Å². The number of para-hydroxylation sites is 3. The van der Waals surface area contributed by atoms with Crippen LogP contribution >= 0.6 is 7.92 Å². The van der Waals surface area contributed by atoms with Crippen LogP contribution in [0.25, 0.3) is 72.8 Å². The van der Waals surface area contributed by atoms with Crippen LogP contribution in [0.4, 0.5) is 0 Å². The van der Waals surface area contributed by atoms with Crippen LogP contribution in [-0.2, 0) is 5.41 Å². The zero-order valence-electron chi connectivity index (χ0n) is 34.1. The molecule has 11 aromatic rings. The molecule has 0 amide bonds. The maximum absolute atomic E-state index is 5.11. The lowest BCUT2D eigenvalue weighted by atomic mass is 9.62. The van der Waals surface area contributed by atoms with Gasteiger partial charge in [-0.15, -0.1) is 0 Å². The Morgan fingerprint density at radius 1 is 0.349 bits per heavy atom. The first-order valence-electron chi connectivity index (χ1n) is 21.5. The van der Waals surface area contributed by atoms with Crippen LogP contribution in [-0.4, -0.2) is 19.5 Å². The first-order valence-corrected chi connectivity index (χ1v) is 22.8. The molecule has 4 heterocycles. The van der Waals surface area contributed by atoms with E-state index in [4.69, 9.17) is 15.0 Å². The number of fused-ring (bicyclic) bond motifs is 11. The summed E-state index contributed by atoms with van der Waals surface area (Å²) >= 11 is 0. The summed E-state index contributed by atoms with van der Waals surface area (Å²) < 4.78 is 2.52. The second kappa shape index (κ2) is 14.1. The van der Waals surface area contributed by atoms with Crippen LogP contribution in [0.5, 0.6) is 0 Å². The molecule has 0 saturated heterocycles. The molecule has 9 aromatic carbocycles. The van der Waals surface area contributed by atoms with Gasteiger partial charge in [0.15, 0.2) is 17.5 Å². The van der Waals surface area contributed by atoms with E-state index in [1.807, 2.05) is 36.4 Å². The quantitative estimate of drug-likeness (QED) is 0.162. The normalized spacial score (nSPS) is 15.8. The minimum absolute atomic E-state index is 0.600. The molecule has 2 aliphatic heterocycles. The van der Waals surface area contributed by atoms with Crippen LogP contribution in [0.3, 0.4) is 0 Å². The summed E-state index contributed by atoms with van der Waals surface area (Å²) in [5.74, 6) is 1.94. The van der Waals surface area contributed by atoms with E-state index in [9.17, 15) is 0 Å². The van der Waals surface area contributed by atoms with Crippen LogP contribution in [0.2, 0.25) is 0 Å². The monoisotopic (exact) mass is 820 g/mol. The highest BCUT2D eigenvalue weighted by atomic mass is 31.1. The molecule has 4 nitrogen and oxygen atoms in total. The Labute approximate surface area is 366 Å². The molecule has 5 heteroatoms. The van der Waals surface area contributed by atoms with Gasteiger partial charge in [-0.2, -0.15) is 0 Å². The van der Waals surface area contributed by atoms with E-state index in [1.54, 1.807) is 0 Å². The second-order valence-electron chi connectivity index (χ2n) is 16.4. The number of hydrogen-bond donors (Lipinski definition) is 0. The standard InChI is InChI=1S/C58H37N4P/c1-4-18-38(19-5-1)55-59-56(39-20-6-2-7-21-39)61-57(60-55)42-23-16-22-40(36-42)41-34-35-53-49(37-41)58(47-29-12-15-33-52(47)63(53)43-24-8-3-9-25-43)46-28-11-14-32-51(46)62-50-31-13-10-26-44(50)45-27-17-30-48(58)54(45)62/h1-37H. The van der Waals surface area contributed by atoms with E-state index in [0.29, 0.717) is 17.5 Å². The third kappa shape index (κ3) is 5.35. The fraction of sp³-hybridized carbons (Fsp3) is 0.0172. The van der Waals surface area contributed by atoms with Gasteiger partial charge in [0, 0.05) is 27.5 Å². The molecule has 0 saturated carbocycles. The highest BCUT2D eigenvalue weighted by molar-refractivity contribution is 7.80. The average molecular weight is 821 g/mol. The molecule has 1 spiro atoms. The smallest absolute Gasteiger partial charge is 0.164 e. The third-order valence-corrected chi connectivity index (χ3v) is 15.6. The van der Waals surface area contributed by atoms with Gasteiger partial charge < -0.3 is 4.57 Å². The summed E-state index contributed by atoms with van der Waals surface area (Å²) in [6, 6.07) is 81.8. The van der Waals surface area contributed by atoms with Gasteiger partial charge in [0.25, 0.3) is 0 Å². The van der Waals surface area contributed by atoms with Gasteiger partial charge in [0.05, 0.1) is 22.1 Å². The van der Waals surface area contributed by atoms with Crippen molar-refractivity contribution in [2.45, 2.75) is 5.41 Å². The molecule has 13 rings (SSSR count). The number of hydrogen-bond acceptors (Lipinski definition) is 3. The van der Waals surface area contributed by atoms with Crippen LogP contribution in [0.15, 0.2) is 224 Å². The molecule has 63 heavy (non-hydrogen) atoms.